The normalized spacial score (nSPS) is 11.2. The van der Waals surface area contributed by atoms with Gasteiger partial charge in [0, 0.05) is 24.2 Å². The van der Waals surface area contributed by atoms with Crippen LogP contribution in [0.1, 0.15) is 25.3 Å². The van der Waals surface area contributed by atoms with Crippen molar-refractivity contribution >= 4 is 25.6 Å². The number of unbranched alkanes of at least 4 members (excludes halogenated alkanes) is 1. The Morgan fingerprint density at radius 1 is 1.22 bits per heavy atom. The molecule has 0 heterocycles. The maximum Gasteiger partial charge on any atom is 0.261 e. The Kier molecular flexibility index (Phi) is 5.62. The summed E-state index contributed by atoms with van der Waals surface area (Å²) in [7, 11) is 1.58. The van der Waals surface area contributed by atoms with Gasteiger partial charge in [0.25, 0.3) is 9.05 Å². The molecule has 0 fully saturated rings. The highest BCUT2D eigenvalue weighted by Crippen LogP contribution is 2.16. The van der Waals surface area contributed by atoms with Gasteiger partial charge in [-0.3, -0.25) is 4.79 Å². The molecule has 0 bridgehead atoms. The van der Waals surface area contributed by atoms with Gasteiger partial charge in [-0.25, -0.2) is 8.42 Å². The van der Waals surface area contributed by atoms with E-state index >= 15 is 0 Å². The smallest absolute Gasteiger partial charge is 0.261 e. The molecular formula is C12H16ClNO3S. The molecule has 1 aromatic carbocycles. The van der Waals surface area contributed by atoms with Crippen molar-refractivity contribution in [3.8, 4) is 0 Å². The van der Waals surface area contributed by atoms with Gasteiger partial charge >= 0.3 is 0 Å². The molecule has 1 N–H and O–H groups in total. The standard InChI is InChI=1S/C12H16ClNO3S/c1-10(15)14-9-3-2-4-11-5-7-12(8-6-11)18(13,16)17/h5-8H,2-4,9H2,1H3,(H,14,15). The van der Waals surface area contributed by atoms with Crippen molar-refractivity contribution in [2.45, 2.75) is 31.1 Å². The van der Waals surface area contributed by atoms with E-state index in [4.69, 9.17) is 10.7 Å². The zero-order valence-corrected chi connectivity index (χ0v) is 11.7. The lowest BCUT2D eigenvalue weighted by molar-refractivity contribution is -0.118. The fourth-order valence-corrected chi connectivity index (χ4v) is 2.31. The molecule has 0 unspecified atom stereocenters. The lowest BCUT2D eigenvalue weighted by Gasteiger charge is -2.03. The number of benzene rings is 1. The second-order valence-electron chi connectivity index (χ2n) is 4.02. The van der Waals surface area contributed by atoms with Gasteiger partial charge in [0.1, 0.15) is 0 Å². The second-order valence-corrected chi connectivity index (χ2v) is 6.59. The summed E-state index contributed by atoms with van der Waals surface area (Å²) in [5.41, 5.74) is 1.06. The van der Waals surface area contributed by atoms with Crippen LogP contribution in [0.2, 0.25) is 0 Å². The van der Waals surface area contributed by atoms with Crippen LogP contribution in [-0.2, 0) is 20.3 Å². The van der Waals surface area contributed by atoms with Gasteiger partial charge in [-0.2, -0.15) is 0 Å². The summed E-state index contributed by atoms with van der Waals surface area (Å²) in [6.07, 6.45) is 2.69. The van der Waals surface area contributed by atoms with Gasteiger partial charge in [0.2, 0.25) is 5.91 Å². The first kappa shape index (κ1) is 15.0. The minimum absolute atomic E-state index is 0.0216. The van der Waals surface area contributed by atoms with Crippen LogP contribution < -0.4 is 5.32 Å². The highest BCUT2D eigenvalue weighted by Gasteiger charge is 2.08. The molecule has 0 saturated carbocycles. The lowest BCUT2D eigenvalue weighted by Crippen LogP contribution is -2.20. The number of hydrogen-bond acceptors (Lipinski definition) is 3. The molecule has 100 valence electrons. The number of nitrogens with one attached hydrogen (secondary N) is 1. The maximum atomic E-state index is 11.0. The molecule has 0 saturated heterocycles. The van der Waals surface area contributed by atoms with Crippen LogP contribution in [0, 0.1) is 0 Å². The van der Waals surface area contributed by atoms with E-state index < -0.39 is 9.05 Å². The number of amides is 1. The SMILES string of the molecule is CC(=O)NCCCCc1ccc(S(=O)(=O)Cl)cc1. The number of aryl methyl sites for hydroxylation is 1. The molecule has 0 spiro atoms. The first-order valence-electron chi connectivity index (χ1n) is 5.67. The molecule has 0 aromatic heterocycles. The molecule has 18 heavy (non-hydrogen) atoms. The third-order valence-electron chi connectivity index (χ3n) is 2.47. The molecule has 1 rings (SSSR count). The van der Waals surface area contributed by atoms with Crippen molar-refractivity contribution < 1.29 is 13.2 Å². The summed E-state index contributed by atoms with van der Waals surface area (Å²) >= 11 is 0. The summed E-state index contributed by atoms with van der Waals surface area (Å²) < 4.78 is 22.1. The number of rotatable bonds is 6. The zero-order valence-electron chi connectivity index (χ0n) is 10.1. The third kappa shape index (κ3) is 5.51. The Morgan fingerprint density at radius 2 is 1.83 bits per heavy atom. The molecule has 0 aliphatic rings. The minimum atomic E-state index is -3.63. The molecule has 0 aliphatic carbocycles. The zero-order chi connectivity index (χ0) is 13.6. The van der Waals surface area contributed by atoms with E-state index in [0.29, 0.717) is 6.54 Å². The van der Waals surface area contributed by atoms with Crippen LogP contribution in [-0.4, -0.2) is 20.9 Å². The molecular weight excluding hydrogens is 274 g/mol. The molecule has 6 heteroatoms. The molecule has 1 amide bonds. The van der Waals surface area contributed by atoms with Gasteiger partial charge in [-0.15, -0.1) is 0 Å². The summed E-state index contributed by atoms with van der Waals surface area (Å²) in [5, 5.41) is 2.73. The predicted molar refractivity (Wildman–Crippen MR) is 71.1 cm³/mol. The number of hydrogen-bond donors (Lipinski definition) is 1. The Labute approximate surface area is 112 Å². The quantitative estimate of drug-likeness (QED) is 0.644. The molecule has 0 aliphatic heterocycles. The van der Waals surface area contributed by atoms with E-state index in [1.165, 1.54) is 19.1 Å². The monoisotopic (exact) mass is 289 g/mol. The highest BCUT2D eigenvalue weighted by molar-refractivity contribution is 8.13. The fraction of sp³-hybridized carbons (Fsp3) is 0.417. The van der Waals surface area contributed by atoms with Crippen LogP contribution in [0.5, 0.6) is 0 Å². The van der Waals surface area contributed by atoms with E-state index in [0.717, 1.165) is 24.8 Å². The first-order chi connectivity index (χ1) is 8.39. The highest BCUT2D eigenvalue weighted by atomic mass is 35.7. The van der Waals surface area contributed by atoms with Gasteiger partial charge in [-0.1, -0.05) is 12.1 Å². The lowest BCUT2D eigenvalue weighted by atomic mass is 10.1. The molecule has 4 nitrogen and oxygen atoms in total. The summed E-state index contributed by atoms with van der Waals surface area (Å²) in [6.45, 7) is 2.16. The average molecular weight is 290 g/mol. The summed E-state index contributed by atoms with van der Waals surface area (Å²) in [4.78, 5) is 10.7. The third-order valence-corrected chi connectivity index (χ3v) is 3.84. The Hall–Kier alpha value is -1.07. The molecule has 0 atom stereocenters. The van der Waals surface area contributed by atoms with Crippen LogP contribution in [0.25, 0.3) is 0 Å². The van der Waals surface area contributed by atoms with E-state index in [2.05, 4.69) is 5.32 Å². The van der Waals surface area contributed by atoms with Crippen LogP contribution in [0.4, 0.5) is 0 Å². The van der Waals surface area contributed by atoms with E-state index in [9.17, 15) is 13.2 Å². The van der Waals surface area contributed by atoms with Crippen molar-refractivity contribution in [3.63, 3.8) is 0 Å². The van der Waals surface area contributed by atoms with E-state index in [1.807, 2.05) is 0 Å². The minimum Gasteiger partial charge on any atom is -0.356 e. The van der Waals surface area contributed by atoms with Crippen LogP contribution in [0.3, 0.4) is 0 Å². The van der Waals surface area contributed by atoms with Crippen molar-refractivity contribution in [2.75, 3.05) is 6.54 Å². The van der Waals surface area contributed by atoms with Gasteiger partial charge in [0.05, 0.1) is 4.90 Å². The van der Waals surface area contributed by atoms with Gasteiger partial charge in [0.15, 0.2) is 0 Å². The summed E-state index contributed by atoms with van der Waals surface area (Å²) in [6, 6.07) is 6.53. The number of carbonyl (C=O) groups excluding carboxylic acids is 1. The Morgan fingerprint density at radius 3 is 2.33 bits per heavy atom. The number of carbonyl (C=O) groups is 1. The van der Waals surface area contributed by atoms with E-state index in [1.54, 1.807) is 12.1 Å². The van der Waals surface area contributed by atoms with Crippen molar-refractivity contribution in [1.29, 1.82) is 0 Å². The second kappa shape index (κ2) is 6.75. The van der Waals surface area contributed by atoms with Crippen molar-refractivity contribution in [1.82, 2.24) is 5.32 Å². The Bertz CT molecular complexity index is 497. The van der Waals surface area contributed by atoms with E-state index in [-0.39, 0.29) is 10.8 Å². The fourth-order valence-electron chi connectivity index (χ4n) is 1.54. The largest absolute Gasteiger partial charge is 0.356 e. The number of halogens is 1. The molecule has 1 aromatic rings. The average Bonchev–Trinajstić information content (AvgIpc) is 2.27. The van der Waals surface area contributed by atoms with Gasteiger partial charge < -0.3 is 5.32 Å². The predicted octanol–water partition coefficient (Wildman–Crippen LogP) is 2.07. The topological polar surface area (TPSA) is 63.2 Å². The van der Waals surface area contributed by atoms with Crippen LogP contribution in [0.15, 0.2) is 29.2 Å². The summed E-state index contributed by atoms with van der Waals surface area (Å²) in [5.74, 6) is -0.0216. The van der Waals surface area contributed by atoms with Crippen molar-refractivity contribution in [2.24, 2.45) is 0 Å². The molecule has 0 radical (unpaired) electrons. The van der Waals surface area contributed by atoms with Gasteiger partial charge in [-0.05, 0) is 37.0 Å². The first-order valence-corrected chi connectivity index (χ1v) is 7.98. The van der Waals surface area contributed by atoms with Crippen molar-refractivity contribution in [3.05, 3.63) is 29.8 Å². The Balaban J connectivity index is 2.38. The van der Waals surface area contributed by atoms with Crippen LogP contribution >= 0.6 is 10.7 Å². The maximum absolute atomic E-state index is 11.0.